The molecule has 0 spiro atoms. The van der Waals surface area contributed by atoms with Crippen LogP contribution in [0, 0.1) is 17.0 Å². The second kappa shape index (κ2) is 7.51. The van der Waals surface area contributed by atoms with E-state index in [0.29, 0.717) is 18.8 Å². The molecule has 2 N–H and O–H groups in total. The number of benzene rings is 2. The normalized spacial score (nSPS) is 14.8. The number of aromatic hydroxyl groups is 1. The van der Waals surface area contributed by atoms with Gasteiger partial charge in [-0.1, -0.05) is 12.1 Å². The van der Waals surface area contributed by atoms with E-state index in [2.05, 4.69) is 5.32 Å². The Kier molecular flexibility index (Phi) is 5.15. The highest BCUT2D eigenvalue weighted by molar-refractivity contribution is 6.06. The van der Waals surface area contributed by atoms with Gasteiger partial charge in [-0.3, -0.25) is 14.9 Å². The van der Waals surface area contributed by atoms with Gasteiger partial charge in [0.05, 0.1) is 23.8 Å². The van der Waals surface area contributed by atoms with Crippen LogP contribution in [0.3, 0.4) is 0 Å². The van der Waals surface area contributed by atoms with Crippen LogP contribution in [0.25, 0.3) is 0 Å². The van der Waals surface area contributed by atoms with Crippen LogP contribution in [0.2, 0.25) is 0 Å². The predicted molar refractivity (Wildman–Crippen MR) is 93.2 cm³/mol. The number of phenolic OH excluding ortho intramolecular Hbond substituents is 1. The zero-order chi connectivity index (χ0) is 18.7. The molecular weight excluding hydrogens is 340 g/mol. The summed E-state index contributed by atoms with van der Waals surface area (Å²) < 4.78 is 11.0. The van der Waals surface area contributed by atoms with Crippen molar-refractivity contribution in [3.63, 3.8) is 0 Å². The molecule has 1 saturated heterocycles. The van der Waals surface area contributed by atoms with Crippen LogP contribution in [-0.2, 0) is 9.47 Å². The fraction of sp³-hybridized carbons (Fsp3) is 0.278. The number of hydrogen-bond acceptors (Lipinski definition) is 6. The van der Waals surface area contributed by atoms with Gasteiger partial charge in [0, 0.05) is 22.8 Å². The van der Waals surface area contributed by atoms with E-state index in [9.17, 15) is 20.0 Å². The van der Waals surface area contributed by atoms with E-state index < -0.39 is 17.1 Å². The zero-order valence-corrected chi connectivity index (χ0v) is 14.1. The van der Waals surface area contributed by atoms with Crippen molar-refractivity contribution in [2.24, 2.45) is 0 Å². The number of nitro groups is 1. The van der Waals surface area contributed by atoms with Gasteiger partial charge in [-0.05, 0) is 31.5 Å². The van der Waals surface area contributed by atoms with E-state index in [1.165, 1.54) is 31.2 Å². The molecule has 1 amide bonds. The maximum absolute atomic E-state index is 12.5. The number of nitrogens with one attached hydrogen (secondary N) is 1. The molecule has 1 fully saturated rings. The number of carbonyl (C=O) groups excluding carboxylic acids is 1. The third-order valence-electron chi connectivity index (χ3n) is 4.11. The lowest BCUT2D eigenvalue weighted by Crippen LogP contribution is -2.18. The Morgan fingerprint density at radius 1 is 1.27 bits per heavy atom. The number of ether oxygens (including phenoxy) is 2. The van der Waals surface area contributed by atoms with Gasteiger partial charge in [0.2, 0.25) is 0 Å². The quantitative estimate of drug-likeness (QED) is 0.493. The summed E-state index contributed by atoms with van der Waals surface area (Å²) in [5, 5.41) is 23.7. The molecule has 8 heteroatoms. The summed E-state index contributed by atoms with van der Waals surface area (Å²) in [5.74, 6) is -0.676. The number of carbonyl (C=O) groups is 1. The Balaban J connectivity index is 1.85. The molecule has 3 rings (SSSR count). The van der Waals surface area contributed by atoms with Gasteiger partial charge in [0.15, 0.2) is 6.29 Å². The van der Waals surface area contributed by atoms with Gasteiger partial charge in [-0.25, -0.2) is 0 Å². The van der Waals surface area contributed by atoms with Crippen LogP contribution < -0.4 is 5.32 Å². The molecule has 136 valence electrons. The largest absolute Gasteiger partial charge is 0.506 e. The van der Waals surface area contributed by atoms with Crippen LogP contribution >= 0.6 is 0 Å². The highest BCUT2D eigenvalue weighted by Crippen LogP contribution is 2.31. The average Bonchev–Trinajstić information content (AvgIpc) is 2.64. The third kappa shape index (κ3) is 3.66. The Hall–Kier alpha value is -2.97. The molecule has 0 aliphatic carbocycles. The zero-order valence-electron chi connectivity index (χ0n) is 14.1. The van der Waals surface area contributed by atoms with Crippen molar-refractivity contribution in [3.05, 3.63) is 63.2 Å². The van der Waals surface area contributed by atoms with Crippen molar-refractivity contribution >= 4 is 17.3 Å². The molecule has 0 saturated carbocycles. The van der Waals surface area contributed by atoms with Gasteiger partial charge in [-0.2, -0.15) is 0 Å². The van der Waals surface area contributed by atoms with Gasteiger partial charge in [-0.15, -0.1) is 0 Å². The second-order valence-electron chi connectivity index (χ2n) is 5.86. The number of hydrogen-bond donors (Lipinski definition) is 2. The summed E-state index contributed by atoms with van der Waals surface area (Å²) in [5.41, 5.74) is 1.11. The number of nitro benzene ring substituents is 1. The molecule has 0 aromatic heterocycles. The van der Waals surface area contributed by atoms with E-state index >= 15 is 0 Å². The van der Waals surface area contributed by atoms with Crippen molar-refractivity contribution in [3.8, 4) is 5.75 Å². The molecule has 1 heterocycles. The number of anilines is 1. The monoisotopic (exact) mass is 358 g/mol. The van der Waals surface area contributed by atoms with Gasteiger partial charge < -0.3 is 19.9 Å². The molecule has 2 aromatic carbocycles. The summed E-state index contributed by atoms with van der Waals surface area (Å²) in [7, 11) is 0. The molecule has 0 unspecified atom stereocenters. The molecule has 1 aliphatic rings. The summed E-state index contributed by atoms with van der Waals surface area (Å²) in [6.45, 7) is 2.65. The summed E-state index contributed by atoms with van der Waals surface area (Å²) in [6.07, 6.45) is 0.254. The van der Waals surface area contributed by atoms with Crippen LogP contribution in [0.5, 0.6) is 5.75 Å². The average molecular weight is 358 g/mol. The molecule has 0 bridgehead atoms. The van der Waals surface area contributed by atoms with E-state index in [4.69, 9.17) is 9.47 Å². The Morgan fingerprint density at radius 2 is 2.00 bits per heavy atom. The minimum Gasteiger partial charge on any atom is -0.506 e. The van der Waals surface area contributed by atoms with Crippen LogP contribution in [0.1, 0.15) is 34.2 Å². The van der Waals surface area contributed by atoms with Gasteiger partial charge >= 0.3 is 0 Å². The summed E-state index contributed by atoms with van der Waals surface area (Å²) in [4.78, 5) is 23.0. The SMILES string of the molecule is Cc1c(C(=O)Nc2cc(C3OCCCO3)ccc2O)cccc1[N+](=O)[O-]. The number of phenols is 1. The Labute approximate surface area is 149 Å². The highest BCUT2D eigenvalue weighted by atomic mass is 16.7. The van der Waals surface area contributed by atoms with Crippen molar-refractivity contribution in [2.45, 2.75) is 19.6 Å². The first-order valence-corrected chi connectivity index (χ1v) is 8.09. The molecule has 8 nitrogen and oxygen atoms in total. The molecule has 0 atom stereocenters. The lowest BCUT2D eigenvalue weighted by molar-refractivity contribution is -0.385. The fourth-order valence-corrected chi connectivity index (χ4v) is 2.74. The first kappa shape index (κ1) is 17.8. The highest BCUT2D eigenvalue weighted by Gasteiger charge is 2.21. The first-order chi connectivity index (χ1) is 12.5. The molecule has 26 heavy (non-hydrogen) atoms. The standard InChI is InChI=1S/C18H18N2O6/c1-11-13(4-2-5-15(11)20(23)24)17(22)19-14-10-12(6-7-16(14)21)18-25-8-3-9-26-18/h2,4-7,10,18,21H,3,8-9H2,1H3,(H,19,22). The van der Waals surface area contributed by atoms with Crippen molar-refractivity contribution < 1.29 is 24.3 Å². The Morgan fingerprint density at radius 3 is 2.69 bits per heavy atom. The van der Waals surface area contributed by atoms with Crippen LogP contribution in [-0.4, -0.2) is 29.2 Å². The minimum atomic E-state index is -0.556. The van der Waals surface area contributed by atoms with Gasteiger partial charge in [0.25, 0.3) is 11.6 Å². The molecular formula is C18H18N2O6. The van der Waals surface area contributed by atoms with Gasteiger partial charge in [0.1, 0.15) is 5.75 Å². The van der Waals surface area contributed by atoms with Crippen LogP contribution in [0.4, 0.5) is 11.4 Å². The third-order valence-corrected chi connectivity index (χ3v) is 4.11. The minimum absolute atomic E-state index is 0.124. The van der Waals surface area contributed by atoms with Crippen molar-refractivity contribution in [1.82, 2.24) is 0 Å². The Bertz CT molecular complexity index is 846. The lowest BCUT2D eigenvalue weighted by Gasteiger charge is -2.24. The topological polar surface area (TPSA) is 111 Å². The smallest absolute Gasteiger partial charge is 0.273 e. The first-order valence-electron chi connectivity index (χ1n) is 8.09. The van der Waals surface area contributed by atoms with Crippen molar-refractivity contribution in [2.75, 3.05) is 18.5 Å². The molecule has 2 aromatic rings. The van der Waals surface area contributed by atoms with E-state index in [1.54, 1.807) is 12.1 Å². The number of rotatable bonds is 4. The van der Waals surface area contributed by atoms with E-state index in [1.807, 2.05) is 0 Å². The predicted octanol–water partition coefficient (Wildman–Crippen LogP) is 3.30. The summed E-state index contributed by atoms with van der Waals surface area (Å²) >= 11 is 0. The molecule has 1 aliphatic heterocycles. The number of nitrogens with zero attached hydrogens (tertiary/aromatic N) is 1. The van der Waals surface area contributed by atoms with E-state index in [-0.39, 0.29) is 28.3 Å². The maximum atomic E-state index is 12.5. The summed E-state index contributed by atoms with van der Waals surface area (Å²) in [6, 6.07) is 8.93. The maximum Gasteiger partial charge on any atom is 0.273 e. The van der Waals surface area contributed by atoms with Crippen LogP contribution in [0.15, 0.2) is 36.4 Å². The van der Waals surface area contributed by atoms with Crippen molar-refractivity contribution in [1.29, 1.82) is 0 Å². The lowest BCUT2D eigenvalue weighted by atomic mass is 10.1. The number of amides is 1. The van der Waals surface area contributed by atoms with E-state index in [0.717, 1.165) is 6.42 Å². The molecule has 0 radical (unpaired) electrons. The fourth-order valence-electron chi connectivity index (χ4n) is 2.74. The second-order valence-corrected chi connectivity index (χ2v) is 5.86.